The number of ketones is 1. The number of morpholine rings is 1. The molecule has 0 aliphatic carbocycles. The van der Waals surface area contributed by atoms with Crippen LogP contribution in [0.2, 0.25) is 0 Å². The molecule has 1 fully saturated rings. The number of aromatic nitrogens is 1. The molecule has 3 amide bonds. The van der Waals surface area contributed by atoms with Gasteiger partial charge in [0.2, 0.25) is 0 Å². The smallest absolute Gasteiger partial charge is 0.407 e. The van der Waals surface area contributed by atoms with Gasteiger partial charge in [-0.3, -0.25) is 9.78 Å². The Hall–Kier alpha value is -3.76. The highest BCUT2D eigenvalue weighted by molar-refractivity contribution is 7.09. The zero-order valence-corrected chi connectivity index (χ0v) is 26.5. The monoisotopic (exact) mass is 620 g/mol. The van der Waals surface area contributed by atoms with E-state index < -0.39 is 12.1 Å². The van der Waals surface area contributed by atoms with Gasteiger partial charge in [-0.25, -0.2) is 9.59 Å². The van der Waals surface area contributed by atoms with Crippen LogP contribution in [-0.4, -0.2) is 66.2 Å². The quantitative estimate of drug-likeness (QED) is 0.228. The molecule has 0 bridgehead atoms. The molecular formula is C34H44N4O5S. The molecule has 2 heterocycles. The first-order valence-electron chi connectivity index (χ1n) is 15.4. The molecule has 3 atom stereocenters. The third-order valence-corrected chi connectivity index (χ3v) is 8.60. The highest BCUT2D eigenvalue weighted by atomic mass is 32.1. The predicted octanol–water partition coefficient (Wildman–Crippen LogP) is 5.65. The molecular weight excluding hydrogens is 576 g/mol. The van der Waals surface area contributed by atoms with E-state index in [0.29, 0.717) is 45.6 Å². The molecule has 0 saturated carbocycles. The van der Waals surface area contributed by atoms with Crippen molar-refractivity contribution < 1.29 is 23.9 Å². The highest BCUT2D eigenvalue weighted by Crippen LogP contribution is 2.23. The van der Waals surface area contributed by atoms with Crippen LogP contribution < -0.4 is 10.6 Å². The van der Waals surface area contributed by atoms with E-state index in [1.54, 1.807) is 16.6 Å². The third kappa shape index (κ3) is 11.1. The Morgan fingerprint density at radius 3 is 2.20 bits per heavy atom. The van der Waals surface area contributed by atoms with Crippen LogP contribution in [0.25, 0.3) is 0 Å². The normalized spacial score (nSPS) is 15.3. The lowest BCUT2D eigenvalue weighted by Gasteiger charge is -2.31. The van der Waals surface area contributed by atoms with Crippen LogP contribution in [0.15, 0.2) is 72.4 Å². The van der Waals surface area contributed by atoms with Gasteiger partial charge in [0.25, 0.3) is 0 Å². The SMILES string of the molecule is CC(C)[C@H](NC(=O)N1CCOCC1)C(=O)C[C@H](CC[C@H](Cc1ccccc1)NC(=O)OCc1cncs1)Cc1ccccc1. The summed E-state index contributed by atoms with van der Waals surface area (Å²) >= 11 is 1.44. The minimum absolute atomic E-state index is 0.0269. The van der Waals surface area contributed by atoms with E-state index in [0.717, 1.165) is 28.8 Å². The van der Waals surface area contributed by atoms with E-state index in [2.05, 4.69) is 27.8 Å². The Kier molecular flexibility index (Phi) is 13.2. The van der Waals surface area contributed by atoms with Gasteiger partial charge in [-0.2, -0.15) is 0 Å². The number of urea groups is 1. The Bertz CT molecular complexity index is 1280. The number of carbonyl (C=O) groups excluding carboxylic acids is 3. The molecule has 0 unspecified atom stereocenters. The molecule has 1 aromatic heterocycles. The first-order valence-corrected chi connectivity index (χ1v) is 16.3. The maximum Gasteiger partial charge on any atom is 0.407 e. The maximum atomic E-state index is 13.8. The molecule has 9 nitrogen and oxygen atoms in total. The van der Waals surface area contributed by atoms with E-state index in [9.17, 15) is 14.4 Å². The second kappa shape index (κ2) is 17.5. The predicted molar refractivity (Wildman–Crippen MR) is 171 cm³/mol. The summed E-state index contributed by atoms with van der Waals surface area (Å²) in [6, 6.07) is 19.2. The zero-order valence-electron chi connectivity index (χ0n) is 25.7. The number of benzene rings is 2. The topological polar surface area (TPSA) is 110 Å². The van der Waals surface area contributed by atoms with E-state index in [4.69, 9.17) is 9.47 Å². The number of alkyl carbamates (subject to hydrolysis) is 1. The lowest BCUT2D eigenvalue weighted by Crippen LogP contribution is -2.53. The first kappa shape index (κ1) is 33.1. The molecule has 4 rings (SSSR count). The van der Waals surface area contributed by atoms with E-state index in [1.165, 1.54) is 11.3 Å². The van der Waals surface area contributed by atoms with Gasteiger partial charge in [-0.15, -0.1) is 11.3 Å². The molecule has 10 heteroatoms. The molecule has 0 spiro atoms. The van der Waals surface area contributed by atoms with Crippen LogP contribution in [-0.2, 0) is 33.7 Å². The lowest BCUT2D eigenvalue weighted by atomic mass is 9.85. The fourth-order valence-corrected chi connectivity index (χ4v) is 5.97. The third-order valence-electron chi connectivity index (χ3n) is 7.85. The second-order valence-electron chi connectivity index (χ2n) is 11.6. The summed E-state index contributed by atoms with van der Waals surface area (Å²) in [7, 11) is 0. The van der Waals surface area contributed by atoms with Gasteiger partial charge in [0.15, 0.2) is 5.78 Å². The molecule has 3 aromatic rings. The van der Waals surface area contributed by atoms with Crippen LogP contribution in [0.1, 0.15) is 49.1 Å². The molecule has 44 heavy (non-hydrogen) atoms. The summed E-state index contributed by atoms with van der Waals surface area (Å²) in [6.07, 6.45) is 4.31. The van der Waals surface area contributed by atoms with E-state index >= 15 is 0 Å². The molecule has 1 aliphatic rings. The van der Waals surface area contributed by atoms with Crippen LogP contribution in [0.3, 0.4) is 0 Å². The van der Waals surface area contributed by atoms with E-state index in [1.807, 2.05) is 62.4 Å². The number of ether oxygens (including phenoxy) is 2. The van der Waals surface area contributed by atoms with Crippen molar-refractivity contribution in [3.8, 4) is 0 Å². The molecule has 236 valence electrons. The van der Waals surface area contributed by atoms with Crippen molar-refractivity contribution in [3.63, 3.8) is 0 Å². The van der Waals surface area contributed by atoms with E-state index in [-0.39, 0.29) is 36.3 Å². The van der Waals surface area contributed by atoms with Crippen molar-refractivity contribution in [3.05, 3.63) is 88.4 Å². The number of carbonyl (C=O) groups is 3. The number of hydrogen-bond acceptors (Lipinski definition) is 7. The van der Waals surface area contributed by atoms with Crippen LogP contribution >= 0.6 is 11.3 Å². The summed E-state index contributed by atoms with van der Waals surface area (Å²) in [4.78, 5) is 46.1. The minimum Gasteiger partial charge on any atom is -0.444 e. The molecule has 1 saturated heterocycles. The number of nitrogens with zero attached hydrogens (tertiary/aromatic N) is 2. The molecule has 0 radical (unpaired) electrons. The number of amides is 3. The number of thiazole rings is 1. The van der Waals surface area contributed by atoms with Gasteiger partial charge in [0.1, 0.15) is 6.61 Å². The average Bonchev–Trinajstić information content (AvgIpc) is 3.56. The fourth-order valence-electron chi connectivity index (χ4n) is 5.46. The number of Topliss-reactive ketones (excluding diaryl/α,β-unsaturated/α-hetero) is 1. The fraction of sp³-hybridized carbons (Fsp3) is 0.471. The average molecular weight is 621 g/mol. The summed E-state index contributed by atoms with van der Waals surface area (Å²) in [5.41, 5.74) is 3.97. The van der Waals surface area contributed by atoms with Crippen LogP contribution in [0, 0.1) is 11.8 Å². The summed E-state index contributed by atoms with van der Waals surface area (Å²) < 4.78 is 10.9. The van der Waals surface area contributed by atoms with Crippen LogP contribution in [0.4, 0.5) is 9.59 Å². The van der Waals surface area contributed by atoms with Gasteiger partial charge < -0.3 is 25.0 Å². The maximum absolute atomic E-state index is 13.8. The largest absolute Gasteiger partial charge is 0.444 e. The van der Waals surface area contributed by atoms with Crippen molar-refractivity contribution in [2.45, 2.75) is 64.6 Å². The Balaban J connectivity index is 1.43. The van der Waals surface area contributed by atoms with Crippen molar-refractivity contribution in [2.75, 3.05) is 26.3 Å². The van der Waals surface area contributed by atoms with Crippen molar-refractivity contribution in [1.82, 2.24) is 20.5 Å². The molecule has 2 aromatic carbocycles. The standard InChI is InChI=1S/C34H44N4O5S/c1-25(2)32(37-33(40)38-15-17-42-18-16-38)31(39)21-28(19-26-9-5-3-6-10-26)13-14-29(20-27-11-7-4-8-12-27)36-34(41)43-23-30-22-35-24-44-30/h3-12,22,24-25,28-29,32H,13-21,23H2,1-2H3,(H,36,41)(H,37,40)/t28-,29-,32+/m1/s1. The summed E-state index contributed by atoms with van der Waals surface area (Å²) in [5, 5.41) is 6.08. The lowest BCUT2D eigenvalue weighted by molar-refractivity contribution is -0.122. The van der Waals surface area contributed by atoms with Crippen molar-refractivity contribution in [1.29, 1.82) is 0 Å². The highest BCUT2D eigenvalue weighted by Gasteiger charge is 2.29. The number of rotatable bonds is 15. The first-order chi connectivity index (χ1) is 21.4. The summed E-state index contributed by atoms with van der Waals surface area (Å²) in [5.74, 6) is 0.00415. The molecule has 1 aliphatic heterocycles. The minimum atomic E-state index is -0.580. The second-order valence-corrected chi connectivity index (χ2v) is 12.6. The van der Waals surface area contributed by atoms with Gasteiger partial charge in [0, 0.05) is 31.7 Å². The Morgan fingerprint density at radius 2 is 1.59 bits per heavy atom. The van der Waals surface area contributed by atoms with Gasteiger partial charge >= 0.3 is 12.1 Å². The number of hydrogen-bond donors (Lipinski definition) is 2. The van der Waals surface area contributed by atoms with Crippen molar-refractivity contribution >= 4 is 29.2 Å². The van der Waals surface area contributed by atoms with Gasteiger partial charge in [-0.05, 0) is 48.6 Å². The van der Waals surface area contributed by atoms with Crippen LogP contribution in [0.5, 0.6) is 0 Å². The zero-order chi connectivity index (χ0) is 31.1. The van der Waals surface area contributed by atoms with Gasteiger partial charge in [0.05, 0.1) is 29.6 Å². The summed E-state index contributed by atoms with van der Waals surface area (Å²) in [6.45, 7) is 6.14. The van der Waals surface area contributed by atoms with Gasteiger partial charge in [-0.1, -0.05) is 74.5 Å². The Morgan fingerprint density at radius 1 is 0.932 bits per heavy atom. The van der Waals surface area contributed by atoms with Crippen molar-refractivity contribution in [2.24, 2.45) is 11.8 Å². The molecule has 2 N–H and O–H groups in total. The Labute approximate surface area is 264 Å². The number of nitrogens with one attached hydrogen (secondary N) is 2.